The highest BCUT2D eigenvalue weighted by Gasteiger charge is 2.35. The Kier molecular flexibility index (Phi) is 7.43. The second-order valence-corrected chi connectivity index (χ2v) is 12.1. The predicted octanol–water partition coefficient (Wildman–Crippen LogP) is 4.31. The maximum atomic E-state index is 13.4. The van der Waals surface area contributed by atoms with Crippen LogP contribution in [0.15, 0.2) is 66.1 Å². The Hall–Kier alpha value is -4.28. The highest BCUT2D eigenvalue weighted by molar-refractivity contribution is 7.92. The molecule has 6 rings (SSSR count). The lowest BCUT2D eigenvalue weighted by molar-refractivity contribution is -0.367. The van der Waals surface area contributed by atoms with E-state index in [2.05, 4.69) is 39.9 Å². The summed E-state index contributed by atoms with van der Waals surface area (Å²) in [5.41, 5.74) is 0.423. The molecule has 222 valence electrons. The average Bonchev–Trinajstić information content (AvgIpc) is 3.34. The normalized spacial score (nSPS) is 14.3. The van der Waals surface area contributed by atoms with Crippen LogP contribution in [-0.2, 0) is 16.2 Å². The summed E-state index contributed by atoms with van der Waals surface area (Å²) in [7, 11) is -3.87. The fourth-order valence-electron chi connectivity index (χ4n) is 4.82. The van der Waals surface area contributed by atoms with Crippen molar-refractivity contribution in [1.29, 1.82) is 0 Å². The summed E-state index contributed by atoms with van der Waals surface area (Å²) in [4.78, 5) is 22.2. The van der Waals surface area contributed by atoms with Crippen molar-refractivity contribution in [3.63, 3.8) is 0 Å². The third-order valence-electron chi connectivity index (χ3n) is 6.89. The number of anilines is 3. The fraction of sp³-hybridized carbons (Fsp3) is 0.192. The monoisotopic (exact) mass is 648 g/mol. The molecule has 0 unspecified atom stereocenters. The van der Waals surface area contributed by atoms with E-state index in [0.717, 1.165) is 6.07 Å². The Bertz CT molecular complexity index is 1930. The second-order valence-electron chi connectivity index (χ2n) is 9.58. The topological polar surface area (TPSA) is 133 Å². The zero-order chi connectivity index (χ0) is 30.4. The van der Waals surface area contributed by atoms with Gasteiger partial charge in [0.25, 0.3) is 10.0 Å². The molecule has 0 saturated carbocycles. The van der Waals surface area contributed by atoms with Gasteiger partial charge in [0.2, 0.25) is 23.7 Å². The molecule has 0 amide bonds. The first-order valence-corrected chi connectivity index (χ1v) is 15.1. The van der Waals surface area contributed by atoms with Crippen molar-refractivity contribution in [3.8, 4) is 0 Å². The molecule has 2 aromatic carbocycles. The van der Waals surface area contributed by atoms with Crippen LogP contribution in [0, 0.1) is 0 Å². The number of nitrogens with one attached hydrogen (secondary N) is 4. The number of nitrogens with zero attached hydrogens (tertiary/aromatic N) is 5. The van der Waals surface area contributed by atoms with Crippen LogP contribution in [0.5, 0.6) is 0 Å². The highest BCUT2D eigenvalue weighted by atomic mass is 35.5. The van der Waals surface area contributed by atoms with E-state index in [0.29, 0.717) is 59.2 Å². The Labute approximate surface area is 253 Å². The molecular formula is C26H22ClF3N9O2S2+. The van der Waals surface area contributed by atoms with Crippen LogP contribution in [0.4, 0.5) is 30.6 Å². The number of fused-ring (bicyclic) bond motifs is 3. The number of piperazine rings is 1. The third kappa shape index (κ3) is 5.85. The van der Waals surface area contributed by atoms with Gasteiger partial charge in [-0.15, -0.1) is 0 Å². The molecule has 0 radical (unpaired) electrons. The third-order valence-corrected chi connectivity index (χ3v) is 8.91. The van der Waals surface area contributed by atoms with Crippen LogP contribution < -0.4 is 19.9 Å². The van der Waals surface area contributed by atoms with Crippen molar-refractivity contribution in [2.75, 3.05) is 41.1 Å². The molecule has 0 bridgehead atoms. The summed E-state index contributed by atoms with van der Waals surface area (Å²) in [5, 5.41) is 4.39. The second kappa shape index (κ2) is 11.1. The first kappa shape index (κ1) is 28.8. The van der Waals surface area contributed by atoms with Gasteiger partial charge in [-0.3, -0.25) is 4.90 Å². The van der Waals surface area contributed by atoms with Crippen molar-refractivity contribution in [1.82, 2.24) is 24.8 Å². The molecule has 17 heteroatoms. The highest BCUT2D eigenvalue weighted by Crippen LogP contribution is 2.39. The molecule has 1 saturated heterocycles. The maximum absolute atomic E-state index is 13.4. The number of alkyl halides is 3. The molecule has 0 atom stereocenters. The molecule has 0 aliphatic carbocycles. The van der Waals surface area contributed by atoms with Gasteiger partial charge in [-0.25, -0.2) is 28.1 Å². The molecule has 3 aromatic heterocycles. The molecule has 4 N–H and O–H groups in total. The van der Waals surface area contributed by atoms with Gasteiger partial charge >= 0.3 is 6.18 Å². The molecule has 0 spiro atoms. The minimum absolute atomic E-state index is 0.0285. The summed E-state index contributed by atoms with van der Waals surface area (Å²) >= 11 is 11.6. The summed E-state index contributed by atoms with van der Waals surface area (Å²) in [6, 6.07) is 10.0. The van der Waals surface area contributed by atoms with Gasteiger partial charge in [-0.05, 0) is 54.7 Å². The summed E-state index contributed by atoms with van der Waals surface area (Å²) in [6.45, 7) is 2.22. The number of rotatable bonds is 5. The van der Waals surface area contributed by atoms with Crippen LogP contribution in [0.1, 0.15) is 5.56 Å². The van der Waals surface area contributed by atoms with Crippen molar-refractivity contribution in [3.05, 3.63) is 71.8 Å². The lowest BCUT2D eigenvalue weighted by Crippen LogP contribution is -2.51. The Morgan fingerprint density at radius 2 is 1.74 bits per heavy atom. The summed E-state index contributed by atoms with van der Waals surface area (Å²) in [6.07, 6.45) is -0.224. The molecule has 1 aliphatic heterocycles. The number of thiocarbonyl (C=S) groups is 1. The summed E-state index contributed by atoms with van der Waals surface area (Å²) in [5.74, 6) is 0.677. The molecule has 1 aliphatic rings. The molecule has 1 fully saturated rings. The van der Waals surface area contributed by atoms with E-state index in [-0.39, 0.29) is 21.4 Å². The largest absolute Gasteiger partial charge is 0.417 e. The Morgan fingerprint density at radius 1 is 1.05 bits per heavy atom. The van der Waals surface area contributed by atoms with Crippen molar-refractivity contribution >= 4 is 78.3 Å². The van der Waals surface area contributed by atoms with Gasteiger partial charge < -0.3 is 15.2 Å². The number of halogens is 4. The van der Waals surface area contributed by atoms with Gasteiger partial charge in [0.05, 0.1) is 41.7 Å². The van der Waals surface area contributed by atoms with E-state index in [1.165, 1.54) is 36.9 Å². The predicted molar refractivity (Wildman–Crippen MR) is 159 cm³/mol. The zero-order valence-electron chi connectivity index (χ0n) is 22.0. The summed E-state index contributed by atoms with van der Waals surface area (Å²) < 4.78 is 67.8. The van der Waals surface area contributed by atoms with E-state index in [4.69, 9.17) is 23.8 Å². The van der Waals surface area contributed by atoms with E-state index in [1.807, 2.05) is 4.90 Å². The van der Waals surface area contributed by atoms with E-state index < -0.39 is 21.8 Å². The number of H-pyrrole nitrogens is 2. The Morgan fingerprint density at radius 3 is 2.42 bits per heavy atom. The number of hydrogen-bond acceptors (Lipinski definition) is 7. The zero-order valence-corrected chi connectivity index (χ0v) is 24.4. The van der Waals surface area contributed by atoms with Crippen LogP contribution in [0.2, 0.25) is 5.02 Å². The van der Waals surface area contributed by atoms with Crippen molar-refractivity contribution in [2.24, 2.45) is 0 Å². The van der Waals surface area contributed by atoms with E-state index in [1.54, 1.807) is 18.2 Å². The van der Waals surface area contributed by atoms with Gasteiger partial charge in [0, 0.05) is 29.0 Å². The average molecular weight is 649 g/mol. The number of hydrogen-bond donors (Lipinski definition) is 3. The van der Waals surface area contributed by atoms with Crippen molar-refractivity contribution in [2.45, 2.75) is 11.1 Å². The van der Waals surface area contributed by atoms with E-state index >= 15 is 0 Å². The lowest BCUT2D eigenvalue weighted by atomic mass is 10.1. The van der Waals surface area contributed by atoms with Crippen molar-refractivity contribution < 1.29 is 26.6 Å². The molecule has 5 aromatic rings. The fourth-order valence-corrected chi connectivity index (χ4v) is 6.35. The standard InChI is InChI=1S/C26H21ClF3N9O2S2/c27-19-12-17-20(13-18(19)26(28,29)30)36-22-21(17)23(34-14-33-22)38-8-10-39(11-9-38)25(42)35-15-2-4-16(5-3-15)43(40,41)37-24-31-6-1-7-32-24/h1-7,12-14H,8-11H2,(H,35,42)(H,31,32,37)(H,33,34,36)/p+1. The van der Waals surface area contributed by atoms with Gasteiger partial charge in [0.15, 0.2) is 5.11 Å². The molecular weight excluding hydrogens is 627 g/mol. The van der Waals surface area contributed by atoms with Gasteiger partial charge in [-0.1, -0.05) is 16.6 Å². The van der Waals surface area contributed by atoms with E-state index in [9.17, 15) is 21.6 Å². The molecule has 11 nitrogen and oxygen atoms in total. The van der Waals surface area contributed by atoms with Crippen LogP contribution in [0.25, 0.3) is 21.9 Å². The van der Waals surface area contributed by atoms with Crippen LogP contribution in [0.3, 0.4) is 0 Å². The van der Waals surface area contributed by atoms with Gasteiger partial charge in [-0.2, -0.15) is 13.2 Å². The minimum atomic E-state index is -4.58. The number of aromatic amines is 2. The van der Waals surface area contributed by atoms with Gasteiger partial charge in [0.1, 0.15) is 5.39 Å². The first-order valence-electron chi connectivity index (χ1n) is 12.8. The number of sulfonamides is 1. The molecule has 43 heavy (non-hydrogen) atoms. The quantitative estimate of drug-likeness (QED) is 0.239. The van der Waals surface area contributed by atoms with Crippen LogP contribution in [-0.4, -0.2) is 64.5 Å². The minimum Gasteiger partial charge on any atom is -0.343 e. The number of benzene rings is 2. The molecule has 4 heterocycles. The smallest absolute Gasteiger partial charge is 0.343 e. The number of aromatic nitrogens is 5. The maximum Gasteiger partial charge on any atom is 0.417 e. The van der Waals surface area contributed by atoms with Crippen LogP contribution >= 0.6 is 23.8 Å². The SMILES string of the molecule is O=S(=O)(Nc1ncccn1)c1ccc(NC(=S)N2CCN(c3[nH+]cnc4[nH]c5cc(C(F)(F)F)c(Cl)cc5c34)CC2)cc1. The Balaban J connectivity index is 1.13. The lowest BCUT2D eigenvalue weighted by Gasteiger charge is -2.34. The first-order chi connectivity index (χ1) is 20.5.